The van der Waals surface area contributed by atoms with E-state index in [1.165, 1.54) is 11.3 Å². The van der Waals surface area contributed by atoms with Crippen LogP contribution >= 0.6 is 11.3 Å². The fourth-order valence-electron chi connectivity index (χ4n) is 4.12. The lowest BCUT2D eigenvalue weighted by molar-refractivity contribution is -0.139. The number of aromatic nitrogens is 1. The molecular formula is C27H28N2O6S. The highest BCUT2D eigenvalue weighted by atomic mass is 32.1. The molecule has 4 rings (SSSR count). The van der Waals surface area contributed by atoms with E-state index < -0.39 is 12.0 Å². The van der Waals surface area contributed by atoms with Crippen molar-refractivity contribution in [2.45, 2.75) is 26.8 Å². The topological polar surface area (TPSA) is 88.4 Å². The van der Waals surface area contributed by atoms with Crippen molar-refractivity contribution in [3.8, 4) is 17.2 Å². The SMILES string of the molecule is CCOC(=O)C1=C(C)N=c2sc(=Cc3cccc(OC)c3)c(=O)n2[C@H]1c1ccc(OC)c(OCC)c1. The zero-order chi connectivity index (χ0) is 25.8. The average molecular weight is 509 g/mol. The summed E-state index contributed by atoms with van der Waals surface area (Å²) in [6.45, 7) is 6.01. The minimum atomic E-state index is -0.738. The van der Waals surface area contributed by atoms with Gasteiger partial charge in [0.2, 0.25) is 0 Å². The number of methoxy groups -OCH3 is 2. The van der Waals surface area contributed by atoms with Crippen molar-refractivity contribution in [1.29, 1.82) is 0 Å². The maximum absolute atomic E-state index is 13.7. The van der Waals surface area contributed by atoms with Gasteiger partial charge in [0.15, 0.2) is 16.3 Å². The van der Waals surface area contributed by atoms with Crippen LogP contribution in [0.3, 0.4) is 0 Å². The van der Waals surface area contributed by atoms with Crippen molar-refractivity contribution in [1.82, 2.24) is 4.57 Å². The van der Waals surface area contributed by atoms with E-state index in [1.807, 2.05) is 37.3 Å². The molecule has 1 aromatic heterocycles. The van der Waals surface area contributed by atoms with E-state index in [4.69, 9.17) is 18.9 Å². The smallest absolute Gasteiger partial charge is 0.338 e. The summed E-state index contributed by atoms with van der Waals surface area (Å²) >= 11 is 1.27. The molecule has 0 spiro atoms. The van der Waals surface area contributed by atoms with Gasteiger partial charge in [0.1, 0.15) is 5.75 Å². The molecule has 0 unspecified atom stereocenters. The van der Waals surface area contributed by atoms with Gasteiger partial charge in [0, 0.05) is 0 Å². The Kier molecular flexibility index (Phi) is 7.59. The van der Waals surface area contributed by atoms with Crippen LogP contribution in [0.25, 0.3) is 6.08 Å². The number of hydrogen-bond acceptors (Lipinski definition) is 8. The van der Waals surface area contributed by atoms with Crippen molar-refractivity contribution >= 4 is 23.4 Å². The van der Waals surface area contributed by atoms with Crippen molar-refractivity contribution in [2.24, 2.45) is 4.99 Å². The maximum Gasteiger partial charge on any atom is 0.338 e. The quantitative estimate of drug-likeness (QED) is 0.434. The van der Waals surface area contributed by atoms with Gasteiger partial charge in [-0.15, -0.1) is 0 Å². The molecule has 0 fully saturated rings. The van der Waals surface area contributed by atoms with E-state index in [0.717, 1.165) is 5.56 Å². The predicted octanol–water partition coefficient (Wildman–Crippen LogP) is 3.21. The number of esters is 1. The Labute approximate surface area is 212 Å². The minimum absolute atomic E-state index is 0.204. The monoisotopic (exact) mass is 508 g/mol. The number of hydrogen-bond donors (Lipinski definition) is 0. The third-order valence-corrected chi connectivity index (χ3v) is 6.69. The van der Waals surface area contributed by atoms with Crippen LogP contribution in [0.2, 0.25) is 0 Å². The number of benzene rings is 2. The summed E-state index contributed by atoms with van der Waals surface area (Å²) in [4.78, 5) is 31.9. The summed E-state index contributed by atoms with van der Waals surface area (Å²) in [5.74, 6) is 1.26. The van der Waals surface area contributed by atoms with Crippen LogP contribution in [0, 0.1) is 0 Å². The number of carbonyl (C=O) groups is 1. The molecule has 0 N–H and O–H groups in total. The number of nitrogens with zero attached hydrogens (tertiary/aromatic N) is 2. The molecule has 8 nitrogen and oxygen atoms in total. The first-order chi connectivity index (χ1) is 17.4. The van der Waals surface area contributed by atoms with Crippen LogP contribution in [-0.2, 0) is 9.53 Å². The van der Waals surface area contributed by atoms with Gasteiger partial charge in [-0.2, -0.15) is 0 Å². The predicted molar refractivity (Wildman–Crippen MR) is 138 cm³/mol. The van der Waals surface area contributed by atoms with Gasteiger partial charge in [-0.05, 0) is 62.2 Å². The van der Waals surface area contributed by atoms with Gasteiger partial charge in [-0.25, -0.2) is 9.79 Å². The fraction of sp³-hybridized carbons (Fsp3) is 0.296. The molecule has 2 aromatic carbocycles. The highest BCUT2D eigenvalue weighted by Crippen LogP contribution is 2.36. The summed E-state index contributed by atoms with van der Waals surface area (Å²) in [7, 11) is 3.16. The number of allylic oxidation sites excluding steroid dienone is 1. The molecule has 0 saturated heterocycles. The summed E-state index contributed by atoms with van der Waals surface area (Å²) in [6.07, 6.45) is 1.80. The molecule has 1 aliphatic rings. The molecule has 9 heteroatoms. The first kappa shape index (κ1) is 25.2. The van der Waals surface area contributed by atoms with Crippen LogP contribution in [-0.4, -0.2) is 38.0 Å². The van der Waals surface area contributed by atoms with Gasteiger partial charge in [-0.1, -0.05) is 29.5 Å². The second kappa shape index (κ2) is 10.8. The standard InChI is InChI=1S/C27H28N2O6S/c1-6-34-21-15-18(11-12-20(21)33-5)24-23(26(31)35-7-2)16(3)28-27-29(24)25(30)22(36-27)14-17-9-8-10-19(13-17)32-4/h8-15,24H,6-7H2,1-5H3/t24-/m0/s1. The molecule has 0 saturated carbocycles. The normalized spacial score (nSPS) is 15.2. The highest BCUT2D eigenvalue weighted by molar-refractivity contribution is 7.07. The van der Waals surface area contributed by atoms with Crippen molar-refractivity contribution < 1.29 is 23.7 Å². The van der Waals surface area contributed by atoms with Gasteiger partial charge in [0.25, 0.3) is 5.56 Å². The molecule has 0 aliphatic carbocycles. The minimum Gasteiger partial charge on any atom is -0.497 e. The van der Waals surface area contributed by atoms with Crippen LogP contribution in [0.1, 0.15) is 37.9 Å². The number of rotatable bonds is 8. The number of thiazole rings is 1. The third kappa shape index (κ3) is 4.79. The molecule has 2 heterocycles. The average Bonchev–Trinajstić information content (AvgIpc) is 3.17. The fourth-order valence-corrected chi connectivity index (χ4v) is 5.17. The Balaban J connectivity index is 1.95. The van der Waals surface area contributed by atoms with Crippen LogP contribution in [0.15, 0.2) is 63.5 Å². The van der Waals surface area contributed by atoms with Crippen LogP contribution < -0.4 is 29.1 Å². The van der Waals surface area contributed by atoms with Crippen LogP contribution in [0.4, 0.5) is 0 Å². The molecule has 3 aromatic rings. The molecule has 188 valence electrons. The summed E-state index contributed by atoms with van der Waals surface area (Å²) in [5.41, 5.74) is 2.06. The second-order valence-corrected chi connectivity index (χ2v) is 8.93. The highest BCUT2D eigenvalue weighted by Gasteiger charge is 2.34. The van der Waals surface area contributed by atoms with Crippen molar-refractivity contribution in [3.05, 3.63) is 84.5 Å². The number of ether oxygens (including phenoxy) is 4. The summed E-state index contributed by atoms with van der Waals surface area (Å²) < 4.78 is 23.9. The molecule has 0 amide bonds. The number of fused-ring (bicyclic) bond motifs is 1. The zero-order valence-corrected chi connectivity index (χ0v) is 21.7. The van der Waals surface area contributed by atoms with Gasteiger partial charge < -0.3 is 18.9 Å². The zero-order valence-electron chi connectivity index (χ0n) is 20.9. The second-order valence-electron chi connectivity index (χ2n) is 7.92. The van der Waals surface area contributed by atoms with E-state index in [0.29, 0.717) is 50.0 Å². The molecular weight excluding hydrogens is 480 g/mol. The lowest BCUT2D eigenvalue weighted by atomic mass is 9.95. The van der Waals surface area contributed by atoms with Gasteiger partial charge >= 0.3 is 5.97 Å². The molecule has 0 bridgehead atoms. The Morgan fingerprint density at radius 2 is 1.89 bits per heavy atom. The number of carbonyl (C=O) groups excluding carboxylic acids is 1. The molecule has 0 radical (unpaired) electrons. The Morgan fingerprint density at radius 1 is 1.08 bits per heavy atom. The van der Waals surface area contributed by atoms with Gasteiger partial charge in [0.05, 0.1) is 49.3 Å². The Morgan fingerprint density at radius 3 is 2.58 bits per heavy atom. The lowest BCUT2D eigenvalue weighted by Gasteiger charge is -2.25. The lowest BCUT2D eigenvalue weighted by Crippen LogP contribution is -2.40. The molecule has 1 atom stereocenters. The van der Waals surface area contributed by atoms with Crippen molar-refractivity contribution in [2.75, 3.05) is 27.4 Å². The van der Waals surface area contributed by atoms with E-state index in [2.05, 4.69) is 4.99 Å². The molecule has 36 heavy (non-hydrogen) atoms. The first-order valence-electron chi connectivity index (χ1n) is 11.6. The van der Waals surface area contributed by atoms with E-state index in [9.17, 15) is 9.59 Å². The van der Waals surface area contributed by atoms with Gasteiger partial charge in [-0.3, -0.25) is 9.36 Å². The Bertz CT molecular complexity index is 1500. The van der Waals surface area contributed by atoms with E-state index in [-0.39, 0.29) is 12.2 Å². The van der Waals surface area contributed by atoms with E-state index >= 15 is 0 Å². The summed E-state index contributed by atoms with van der Waals surface area (Å²) in [6, 6.07) is 12.1. The summed E-state index contributed by atoms with van der Waals surface area (Å²) in [5, 5.41) is 0. The van der Waals surface area contributed by atoms with Crippen molar-refractivity contribution in [3.63, 3.8) is 0 Å². The third-order valence-electron chi connectivity index (χ3n) is 5.71. The van der Waals surface area contributed by atoms with E-state index in [1.54, 1.807) is 50.8 Å². The largest absolute Gasteiger partial charge is 0.497 e. The van der Waals surface area contributed by atoms with Crippen LogP contribution in [0.5, 0.6) is 17.2 Å². The molecule has 1 aliphatic heterocycles. The Hall–Kier alpha value is -3.85. The first-order valence-corrected chi connectivity index (χ1v) is 12.4. The maximum atomic E-state index is 13.7.